The van der Waals surface area contributed by atoms with Crippen LogP contribution in [0, 0.1) is 29.6 Å². The molecule has 10 atom stereocenters. The molecule has 0 aromatic rings. The number of aliphatic imine (C=N–C) groups is 2. The monoisotopic (exact) mass is 1360 g/mol. The highest BCUT2D eigenvalue weighted by molar-refractivity contribution is 5.99. The van der Waals surface area contributed by atoms with Crippen molar-refractivity contribution >= 4 is 88.0 Å². The summed E-state index contributed by atoms with van der Waals surface area (Å²) in [6.07, 6.45) is 10.3. The van der Waals surface area contributed by atoms with E-state index in [9.17, 15) is 77.6 Å². The third-order valence-electron chi connectivity index (χ3n) is 16.7. The maximum absolute atomic E-state index is 14.5. The number of hydrogen-bond donors (Lipinski definition) is 14. The van der Waals surface area contributed by atoms with E-state index in [-0.39, 0.29) is 94.0 Å². The summed E-state index contributed by atoms with van der Waals surface area (Å²) in [7, 11) is 0. The van der Waals surface area contributed by atoms with Crippen molar-refractivity contribution in [1.82, 2.24) is 26.6 Å². The predicted molar refractivity (Wildman–Crippen MR) is 365 cm³/mol. The van der Waals surface area contributed by atoms with Crippen molar-refractivity contribution in [3.8, 4) is 0 Å². The van der Waals surface area contributed by atoms with Gasteiger partial charge in [-0.05, 0) is 97.4 Å². The van der Waals surface area contributed by atoms with Crippen LogP contribution in [0.25, 0.3) is 0 Å². The van der Waals surface area contributed by atoms with E-state index in [1.807, 2.05) is 13.8 Å². The van der Waals surface area contributed by atoms with E-state index in [1.54, 1.807) is 0 Å². The van der Waals surface area contributed by atoms with E-state index < -0.39 is 176 Å². The number of nitrogens with two attached hydrogens (primary N) is 6. The zero-order valence-electron chi connectivity index (χ0n) is 58.1. The number of carboxylic acids is 1. The van der Waals surface area contributed by atoms with Gasteiger partial charge in [0, 0.05) is 88.6 Å². The van der Waals surface area contributed by atoms with Crippen molar-refractivity contribution in [2.75, 3.05) is 26.2 Å². The molecule has 0 radical (unpaired) electrons. The Balaban J connectivity index is 6.45. The summed E-state index contributed by atoms with van der Waals surface area (Å²) in [5.41, 5.74) is 33.1. The first-order chi connectivity index (χ1) is 45.4. The van der Waals surface area contributed by atoms with Gasteiger partial charge in [-0.3, -0.25) is 72.3 Å². The first-order valence-corrected chi connectivity index (χ1v) is 34.6. The van der Waals surface area contributed by atoms with Gasteiger partial charge in [-0.15, -0.1) is 0 Å². The fraction of sp³-hybridized carbons (Fsp3) is 0.776. The summed E-state index contributed by atoms with van der Waals surface area (Å²) >= 11 is 0. The molecule has 6 amide bonds. The van der Waals surface area contributed by atoms with E-state index in [1.165, 1.54) is 65.2 Å². The molecular weight excluding hydrogens is 1240 g/mol. The van der Waals surface area contributed by atoms with Crippen LogP contribution in [0.5, 0.6) is 0 Å². The summed E-state index contributed by atoms with van der Waals surface area (Å²) in [6, 6.07) is -6.55. The SMILES string of the molecule is CCCCCCCCCCCCCCCC(=O)N[C@@H](CCCCN)C(=O)C[C@@H](CC(C)C)C(=O)N[C@@H](CCCN=C(N)N)C(=O)C[C@@H](CCC(=O)O)C(=O)N[C@H](C(=O)C[C@@H](CC(N)=O)C(=O)N[C@@H](C)C(=O)CCC(=O)N[C@@H](CCCN=C(N)N)C(=O)C[C@@H](CO)C(C)=O)[C@@H](C)O. The molecule has 0 aliphatic heterocycles. The van der Waals surface area contributed by atoms with E-state index in [2.05, 4.69) is 43.5 Å². The molecule has 0 bridgehead atoms. The van der Waals surface area contributed by atoms with Crippen molar-refractivity contribution in [3.05, 3.63) is 0 Å². The maximum atomic E-state index is 14.5. The number of carbonyl (C=O) groups excluding carboxylic acids is 12. The first-order valence-electron chi connectivity index (χ1n) is 34.6. The zero-order chi connectivity index (χ0) is 72.7. The van der Waals surface area contributed by atoms with Crippen molar-refractivity contribution in [2.24, 2.45) is 74.0 Å². The third-order valence-corrected chi connectivity index (χ3v) is 16.7. The number of aliphatic hydroxyl groups excluding tert-OH is 2. The Labute approximate surface area is 567 Å². The number of nitrogens with zero attached hydrogens (tertiary/aromatic N) is 2. The Morgan fingerprint density at radius 1 is 0.438 bits per heavy atom. The Hall–Kier alpha value is -7.27. The van der Waals surface area contributed by atoms with E-state index >= 15 is 0 Å². The first kappa shape index (κ1) is 88.7. The number of primary amides is 1. The summed E-state index contributed by atoms with van der Waals surface area (Å²) in [5, 5.41) is 43.2. The quantitative estimate of drug-likeness (QED) is 0.0236. The highest BCUT2D eigenvalue weighted by Gasteiger charge is 2.37. The van der Waals surface area contributed by atoms with Crippen LogP contribution < -0.4 is 61.0 Å². The Bertz CT molecular complexity index is 2500. The van der Waals surface area contributed by atoms with Crippen LogP contribution in [0.3, 0.4) is 0 Å². The average Bonchev–Trinajstić information content (AvgIpc) is 0.922. The minimum Gasteiger partial charge on any atom is -0.481 e. The summed E-state index contributed by atoms with van der Waals surface area (Å²) in [5.74, 6) is -15.7. The van der Waals surface area contributed by atoms with Crippen LogP contribution in [0.1, 0.15) is 241 Å². The number of carbonyl (C=O) groups is 13. The van der Waals surface area contributed by atoms with Crippen molar-refractivity contribution in [1.29, 1.82) is 0 Å². The lowest BCUT2D eigenvalue weighted by Crippen LogP contribution is -2.52. The summed E-state index contributed by atoms with van der Waals surface area (Å²) in [6.45, 7) is 9.39. The van der Waals surface area contributed by atoms with E-state index in [0.717, 1.165) is 32.6 Å². The number of aliphatic carboxylic acids is 1. The van der Waals surface area contributed by atoms with Crippen molar-refractivity contribution in [2.45, 2.75) is 277 Å². The van der Waals surface area contributed by atoms with Crippen molar-refractivity contribution < 1.29 is 77.6 Å². The second-order valence-corrected chi connectivity index (χ2v) is 25.9. The average molecular weight is 1360 g/mol. The highest BCUT2D eigenvalue weighted by atomic mass is 16.4. The lowest BCUT2D eigenvalue weighted by atomic mass is 9.87. The van der Waals surface area contributed by atoms with Gasteiger partial charge >= 0.3 is 5.97 Å². The predicted octanol–water partition coefficient (Wildman–Crippen LogP) is 2.55. The standard InChI is InChI=1S/C67H119N13O16/c1-7-8-9-10-11-12-13-14-15-16-17-18-19-27-59(90)77-50(24-20-21-32-68)55(86)37-47(35-42(2)3)65(96)79-52(26-23-34-75-67(72)73)54(85)36-46(28-31-61(92)93)63(94)80-62(45(6)83)57(88)38-48(40-58(69)89)64(95)76-43(4)53(84)29-30-60(91)78-51(25-22-33-74-66(70)71)56(87)39-49(41-81)44(5)82/h42-43,45-52,62,81,83H,7-41,68H2,1-6H3,(H2,69,89)(H,76,95)(H,77,90)(H,78,91)(H,79,96)(H,80,94)(H,92,93)(H4,70,71,74)(H4,72,73,75)/t43-,45+,46+,47+,48-,49-,50-,51-,52-,62-/m0/s1. The number of aliphatic hydroxyl groups is 2. The fourth-order valence-corrected chi connectivity index (χ4v) is 11.0. The van der Waals surface area contributed by atoms with Gasteiger partial charge in [-0.1, -0.05) is 97.8 Å². The molecular formula is C67H119N13O16. The Morgan fingerprint density at radius 2 is 0.875 bits per heavy atom. The van der Waals surface area contributed by atoms with Crippen LogP contribution >= 0.6 is 0 Å². The molecule has 20 N–H and O–H groups in total. The molecule has 96 heavy (non-hydrogen) atoms. The summed E-state index contributed by atoms with van der Waals surface area (Å²) < 4.78 is 0. The van der Waals surface area contributed by atoms with Gasteiger partial charge in [0.15, 0.2) is 40.8 Å². The number of nitrogens with one attached hydrogen (secondary N) is 5. The molecule has 0 aromatic heterocycles. The van der Waals surface area contributed by atoms with Crippen LogP contribution in [0.15, 0.2) is 9.98 Å². The van der Waals surface area contributed by atoms with Gasteiger partial charge in [0.1, 0.15) is 11.8 Å². The molecule has 0 rings (SSSR count). The number of ketones is 6. The number of Topliss-reactive ketones (excluding diaryl/α,β-unsaturated/α-hetero) is 6. The van der Waals surface area contributed by atoms with Crippen molar-refractivity contribution in [3.63, 3.8) is 0 Å². The zero-order valence-corrected chi connectivity index (χ0v) is 58.1. The number of rotatable bonds is 60. The molecule has 0 aliphatic rings. The largest absolute Gasteiger partial charge is 0.481 e. The molecule has 0 heterocycles. The number of guanidine groups is 2. The normalized spacial score (nSPS) is 14.4. The van der Waals surface area contributed by atoms with Crippen LogP contribution in [-0.4, -0.2) is 166 Å². The molecule has 0 fully saturated rings. The van der Waals surface area contributed by atoms with Gasteiger partial charge in [0.2, 0.25) is 35.4 Å². The number of unbranched alkanes of at least 4 members (excludes halogenated alkanes) is 13. The third kappa shape index (κ3) is 42.3. The smallest absolute Gasteiger partial charge is 0.303 e. The molecule has 548 valence electrons. The molecule has 0 unspecified atom stereocenters. The van der Waals surface area contributed by atoms with Gasteiger partial charge in [0.05, 0.1) is 42.8 Å². The Kier molecular flexibility index (Phi) is 48.0. The number of hydrogen-bond acceptors (Lipinski definition) is 18. The van der Waals surface area contributed by atoms with Crippen LogP contribution in [-0.2, 0) is 62.3 Å². The van der Waals surface area contributed by atoms with E-state index in [4.69, 9.17) is 34.4 Å². The molecule has 0 spiro atoms. The second kappa shape index (κ2) is 51.9. The molecule has 0 saturated heterocycles. The second-order valence-electron chi connectivity index (χ2n) is 25.9. The van der Waals surface area contributed by atoms with Gasteiger partial charge in [0.25, 0.3) is 0 Å². The number of amides is 6. The summed E-state index contributed by atoms with van der Waals surface area (Å²) in [4.78, 5) is 182. The Morgan fingerprint density at radius 3 is 1.32 bits per heavy atom. The van der Waals surface area contributed by atoms with Gasteiger partial charge in [-0.2, -0.15) is 0 Å². The topological polar surface area (TPSA) is 524 Å². The lowest BCUT2D eigenvalue weighted by molar-refractivity contribution is -0.140. The number of carboxylic acid groups (broad SMARTS) is 1. The molecule has 0 aliphatic carbocycles. The minimum atomic E-state index is -1.83. The van der Waals surface area contributed by atoms with Gasteiger partial charge in [-0.25, -0.2) is 0 Å². The minimum absolute atomic E-state index is 0.0121. The van der Waals surface area contributed by atoms with Crippen LogP contribution in [0.2, 0.25) is 0 Å². The van der Waals surface area contributed by atoms with Gasteiger partial charge < -0.3 is 76.3 Å². The fourth-order valence-electron chi connectivity index (χ4n) is 11.0. The highest BCUT2D eigenvalue weighted by Crippen LogP contribution is 2.23. The van der Waals surface area contributed by atoms with E-state index in [0.29, 0.717) is 32.2 Å². The molecule has 0 saturated carbocycles. The molecule has 29 nitrogen and oxygen atoms in total. The maximum Gasteiger partial charge on any atom is 0.303 e. The lowest BCUT2D eigenvalue weighted by Gasteiger charge is -2.27. The van der Waals surface area contributed by atoms with Crippen LogP contribution in [0.4, 0.5) is 0 Å². The molecule has 0 aromatic carbocycles. The molecule has 29 heteroatoms.